The molecule has 4 aromatic carbocycles. The van der Waals surface area contributed by atoms with Gasteiger partial charge in [-0.3, -0.25) is 19.2 Å². The molecule has 8 aromatic heterocycles. The van der Waals surface area contributed by atoms with E-state index >= 15 is 0 Å². The number of nitrogens with one attached hydrogen (secondary N) is 3. The number of fused-ring (bicyclic) bond motifs is 4. The topological polar surface area (TPSA) is 576 Å². The molecule has 752 valence electrons. The van der Waals surface area contributed by atoms with E-state index in [2.05, 4.69) is 44.1 Å². The van der Waals surface area contributed by atoms with E-state index in [0.29, 0.717) is 47.6 Å². The zero-order chi connectivity index (χ0) is 103. The van der Waals surface area contributed by atoms with Gasteiger partial charge >= 0.3 is 50.6 Å². The van der Waals surface area contributed by atoms with Crippen LogP contribution in [0, 0.1) is 0 Å². The minimum atomic E-state index is -5.93. The molecule has 0 spiro atoms. The Morgan fingerprint density at radius 2 is 0.752 bits per heavy atom. The SMILES string of the molecule is CC(C)(C)OC(=O)NC1CCN(c2cc(/C=C/c3ccccc3)c3c(N)c(C(N)=O)sc3n2)CC1.CC(C)(C)OC(=O)NC1CCNCC1.CSc1cc(OS(=O)(=O)C(F)(F)F)nc2sc(C(N)=O)c(N)c12.Cl.NC(=O)c1sc2nc(N3CCC(N)CC3)cc(/C=C/c3ccccc3)c2c1N.NC(=O)c1sc2nc(OS(=O)(=O)C(F)(F)F)cc(/C=C/c3ccccc3)c2c1N.OB(O)/C=C/c1ccccc1. The van der Waals surface area contributed by atoms with Crippen molar-refractivity contribution in [2.24, 2.45) is 28.7 Å². The Labute approximate surface area is 834 Å². The van der Waals surface area contributed by atoms with Crippen LogP contribution in [0.15, 0.2) is 156 Å². The number of halogens is 7. The number of primary amides is 4. The van der Waals surface area contributed by atoms with Gasteiger partial charge in [0, 0.05) is 82.9 Å². The number of benzene rings is 4. The van der Waals surface area contributed by atoms with E-state index in [-0.39, 0.29) is 78.4 Å². The van der Waals surface area contributed by atoms with Crippen molar-refractivity contribution in [3.05, 3.63) is 210 Å². The zero-order valence-electron chi connectivity index (χ0n) is 76.8. The smallest absolute Gasteiger partial charge is 0.444 e. The maximum absolute atomic E-state index is 12.6. The molecule has 3 aliphatic rings. The maximum atomic E-state index is 12.6. The van der Waals surface area contributed by atoms with E-state index in [1.807, 2.05) is 169 Å². The number of nitrogen functional groups attached to an aromatic ring is 4. The minimum absolute atomic E-state index is 0. The molecule has 0 saturated carbocycles. The van der Waals surface area contributed by atoms with Gasteiger partial charge in [-0.2, -0.15) is 43.2 Å². The average molecular weight is 2100 g/mol. The molecular formula is C92H104BClF6N18O16S7. The number of hydrogen-bond donors (Lipinski definition) is 14. The van der Waals surface area contributed by atoms with E-state index in [4.69, 9.17) is 81.1 Å². The molecule has 34 nitrogen and oxygen atoms in total. The lowest BCUT2D eigenvalue weighted by atomic mass is 9.91. The van der Waals surface area contributed by atoms with E-state index < -0.39 is 91.1 Å². The number of alkyl halides is 6. The first-order chi connectivity index (χ1) is 65.9. The van der Waals surface area contributed by atoms with Crippen LogP contribution in [-0.2, 0) is 29.7 Å². The first-order valence-corrected chi connectivity index (χ1v) is 50.1. The van der Waals surface area contributed by atoms with Crippen molar-refractivity contribution in [1.82, 2.24) is 35.9 Å². The van der Waals surface area contributed by atoms with E-state index in [9.17, 15) is 71.9 Å². The van der Waals surface area contributed by atoms with Crippen LogP contribution in [0.1, 0.15) is 158 Å². The van der Waals surface area contributed by atoms with Gasteiger partial charge in [-0.05, 0) is 150 Å². The average Bonchev–Trinajstić information content (AvgIpc) is 1.64. The Bertz CT molecular complexity index is 6800. The number of carbonyl (C=O) groups excluding carboxylic acids is 6. The summed E-state index contributed by atoms with van der Waals surface area (Å²) in [4.78, 5) is 93.8. The van der Waals surface area contributed by atoms with Gasteiger partial charge in [0.25, 0.3) is 23.6 Å². The zero-order valence-corrected chi connectivity index (χ0v) is 83.3. The third-order valence-corrected chi connectivity index (χ3v) is 27.5. The number of ether oxygens (including phenoxy) is 2. The summed E-state index contributed by atoms with van der Waals surface area (Å²) in [6.45, 7) is 16.3. The first-order valence-electron chi connectivity index (χ1n) is 42.8. The van der Waals surface area contributed by atoms with Crippen molar-refractivity contribution in [3.63, 3.8) is 0 Å². The number of thiophene rings is 4. The number of amides is 6. The molecule has 12 aromatic rings. The molecule has 15 rings (SSSR count). The van der Waals surface area contributed by atoms with Gasteiger partial charge in [-0.25, -0.2) is 29.5 Å². The van der Waals surface area contributed by atoms with Gasteiger partial charge < -0.3 is 105 Å². The molecule has 0 unspecified atom stereocenters. The number of carbonyl (C=O) groups is 6. The minimum Gasteiger partial charge on any atom is -0.444 e. The Morgan fingerprint density at radius 1 is 0.454 bits per heavy atom. The van der Waals surface area contributed by atoms with Crippen molar-refractivity contribution in [2.45, 2.75) is 125 Å². The second-order valence-electron chi connectivity index (χ2n) is 33.2. The predicted octanol–water partition coefficient (Wildman–Crippen LogP) is 15.4. The lowest BCUT2D eigenvalue weighted by Crippen LogP contribution is -2.46. The van der Waals surface area contributed by atoms with E-state index in [1.54, 1.807) is 48.7 Å². The van der Waals surface area contributed by atoms with Gasteiger partial charge in [0.05, 0.1) is 22.7 Å². The molecule has 0 radical (unpaired) electrons. The number of piperidine rings is 3. The van der Waals surface area contributed by atoms with Crippen LogP contribution in [0.25, 0.3) is 83.4 Å². The molecule has 141 heavy (non-hydrogen) atoms. The summed E-state index contributed by atoms with van der Waals surface area (Å²) >= 11 is 4.97. The van der Waals surface area contributed by atoms with Crippen molar-refractivity contribution >= 4 is 250 Å². The van der Waals surface area contributed by atoms with Crippen molar-refractivity contribution in [3.8, 4) is 11.8 Å². The quantitative estimate of drug-likeness (QED) is 0.0104. The number of thioether (sulfide) groups is 1. The van der Waals surface area contributed by atoms with Gasteiger partial charge in [0.2, 0.25) is 11.8 Å². The molecule has 3 fully saturated rings. The fourth-order valence-corrected chi connectivity index (χ4v) is 19.2. The summed E-state index contributed by atoms with van der Waals surface area (Å²) in [6.07, 6.45) is 19.1. The molecule has 6 amide bonds. The third kappa shape index (κ3) is 31.6. The molecular weight excluding hydrogens is 2000 g/mol. The summed E-state index contributed by atoms with van der Waals surface area (Å²) < 4.78 is 138. The largest absolute Gasteiger partial charge is 0.534 e. The van der Waals surface area contributed by atoms with Crippen LogP contribution in [0.2, 0.25) is 0 Å². The fourth-order valence-electron chi connectivity index (χ4n) is 13.8. The fraction of sp³-hybridized carbons (Fsp3) is 0.283. The Morgan fingerprint density at radius 3 is 1.07 bits per heavy atom. The summed E-state index contributed by atoms with van der Waals surface area (Å²) in [5, 5.41) is 28.1. The highest BCUT2D eigenvalue weighted by Crippen LogP contribution is 2.44. The standard InChI is InChI=1S/C26H31N5O3S.C21H23N5OS.C17H12F3N3O4S2.C10H8F3N3O4S3.C10H20N2O2.C8H9BO2.ClH/c1-26(2,3)34-25(33)29-18-11-13-31(14-12-18)19-15-17(10-9-16-7-5-4-6-8-16)20-21(27)22(23(28)32)35-24(20)30-19;22-15-8-10-26(11-9-15)16-12-14(7-6-13-4-2-1-3-5-13)17-18(23)19(20(24)27)28-21(17)25-16;18-17(19,20)29(25,26)27-11-8-10(7-6-9-4-2-1-3-5-9)12-13(21)14(15(22)24)28-16(12)23-11;1-21-3-2-4(20-23(18,19)10(11,12)13)16-9-5(3)6(14)7(22-9)8(15)17;1-10(2,3)14-9(13)12-8-4-6-11-7-5-8;10-9(11)7-6-8-4-2-1-3-5-8;/h4-10,15,18H,11-14,27H2,1-3H3,(H2,28,32)(H,29,33);1-7,12,15H,8-11,22-23H2,(H2,24,27);1-8H,21H2,(H2,22,24);2H,14H2,1H3,(H2,15,17);8,11H,4-7H2,1-3H3,(H,12,13);1-7,10-11H;1H/b10-9+;2*7-6+;;;7-6+;. The number of anilines is 6. The predicted molar refractivity (Wildman–Crippen MR) is 552 cm³/mol. The molecule has 23 N–H and O–H groups in total. The number of nitrogens with two attached hydrogens (primary N) is 9. The van der Waals surface area contributed by atoms with Crippen molar-refractivity contribution in [1.29, 1.82) is 0 Å². The lowest BCUT2D eigenvalue weighted by Gasteiger charge is -2.33. The number of aromatic nitrogens is 4. The van der Waals surface area contributed by atoms with Gasteiger partial charge in [-0.1, -0.05) is 170 Å². The highest BCUT2D eigenvalue weighted by Gasteiger charge is 2.50. The van der Waals surface area contributed by atoms with Crippen LogP contribution >= 0.6 is 69.5 Å². The van der Waals surface area contributed by atoms with Gasteiger partial charge in [0.15, 0.2) is 0 Å². The number of pyridine rings is 4. The Kier molecular flexibility index (Phi) is 38.8. The van der Waals surface area contributed by atoms with Crippen LogP contribution in [-0.4, -0.2) is 176 Å². The summed E-state index contributed by atoms with van der Waals surface area (Å²) in [7, 11) is -13.1. The lowest BCUT2D eigenvalue weighted by molar-refractivity contribution is -0.0506. The number of nitrogens with zero attached hydrogens (tertiary/aromatic N) is 6. The van der Waals surface area contributed by atoms with E-state index in [1.165, 1.54) is 34.7 Å². The number of rotatable bonds is 21. The Balaban J connectivity index is 0.000000195. The summed E-state index contributed by atoms with van der Waals surface area (Å²) in [5.41, 5.74) is 46.3. The monoisotopic (exact) mass is 2100 g/mol. The van der Waals surface area contributed by atoms with Crippen LogP contribution in [0.4, 0.5) is 70.3 Å². The van der Waals surface area contributed by atoms with Crippen LogP contribution < -0.4 is 85.7 Å². The highest BCUT2D eigenvalue weighted by molar-refractivity contribution is 7.98. The molecule has 3 saturated heterocycles. The van der Waals surface area contributed by atoms with Crippen LogP contribution in [0.3, 0.4) is 0 Å². The molecule has 11 heterocycles. The normalized spacial score (nSPS) is 14.1. The number of alkyl carbamates (subject to hydrolysis) is 2. The van der Waals surface area contributed by atoms with Crippen LogP contribution in [0.5, 0.6) is 11.8 Å². The molecule has 3 aliphatic heterocycles. The second-order valence-corrected chi connectivity index (χ2v) is 41.1. The van der Waals surface area contributed by atoms with Gasteiger partial charge in [-0.15, -0.1) is 69.5 Å². The number of hydrogen-bond acceptors (Lipinski definition) is 33. The molecule has 0 atom stereocenters. The first kappa shape index (κ1) is 112. The maximum Gasteiger partial charge on any atom is 0.534 e. The summed E-state index contributed by atoms with van der Waals surface area (Å²) in [6, 6.07) is 44.9. The highest BCUT2D eigenvalue weighted by atomic mass is 35.5. The van der Waals surface area contributed by atoms with Crippen molar-refractivity contribution in [2.75, 3.05) is 78.3 Å². The summed E-state index contributed by atoms with van der Waals surface area (Å²) in [5.74, 6) is -1.37. The van der Waals surface area contributed by atoms with Crippen molar-refractivity contribution < 1.29 is 99.8 Å². The van der Waals surface area contributed by atoms with Gasteiger partial charge in [0.1, 0.15) is 61.7 Å². The molecule has 49 heteroatoms. The molecule has 0 aliphatic carbocycles. The Hall–Kier alpha value is -12.9. The second kappa shape index (κ2) is 49.0. The van der Waals surface area contributed by atoms with E-state index in [0.717, 1.165) is 174 Å². The molecule has 0 bridgehead atoms. The third-order valence-electron chi connectivity index (χ3n) is 20.3.